The molecule has 1 aliphatic carbocycles. The van der Waals surface area contributed by atoms with Gasteiger partial charge in [-0.15, -0.1) is 11.6 Å². The van der Waals surface area contributed by atoms with E-state index in [9.17, 15) is 8.78 Å². The second-order valence-corrected chi connectivity index (χ2v) is 6.79. The van der Waals surface area contributed by atoms with Crippen molar-refractivity contribution in [1.82, 2.24) is 0 Å². The fourth-order valence-electron chi connectivity index (χ4n) is 2.98. The number of rotatable bonds is 2. The Morgan fingerprint density at radius 3 is 2.57 bits per heavy atom. The van der Waals surface area contributed by atoms with Gasteiger partial charge in [0.15, 0.2) is 0 Å². The lowest BCUT2D eigenvalue weighted by Gasteiger charge is -2.28. The van der Waals surface area contributed by atoms with Crippen molar-refractivity contribution in [2.24, 2.45) is 5.92 Å². The van der Waals surface area contributed by atoms with E-state index in [1.54, 1.807) is 0 Å². The molecule has 1 aliphatic rings. The minimum absolute atomic E-state index is 0.122. The predicted octanol–water partition coefficient (Wildman–Crippen LogP) is 5.81. The van der Waals surface area contributed by atoms with E-state index in [0.29, 0.717) is 0 Å². The van der Waals surface area contributed by atoms with Gasteiger partial charge < -0.3 is 0 Å². The standard InChI is InChI=1S/C17H14BrClF2/c18-14-9-15(20)13(8-16(14)21)17(19)12-6-5-10-3-1-2-4-11(10)7-12/h1-4,8-9,12,17H,5-7H2. The normalized spacial score (nSPS) is 19.1. The van der Waals surface area contributed by atoms with Crippen LogP contribution in [-0.2, 0) is 12.8 Å². The maximum absolute atomic E-state index is 14.1. The lowest BCUT2D eigenvalue weighted by Crippen LogP contribution is -2.19. The molecule has 2 aromatic rings. The largest absolute Gasteiger partial charge is 0.207 e. The Morgan fingerprint density at radius 2 is 1.81 bits per heavy atom. The van der Waals surface area contributed by atoms with E-state index in [-0.39, 0.29) is 16.0 Å². The third-order valence-electron chi connectivity index (χ3n) is 4.14. The average Bonchev–Trinajstić information content (AvgIpc) is 2.50. The van der Waals surface area contributed by atoms with Gasteiger partial charge in [-0.05, 0) is 64.4 Å². The van der Waals surface area contributed by atoms with Crippen LogP contribution in [0.25, 0.3) is 0 Å². The summed E-state index contributed by atoms with van der Waals surface area (Å²) in [7, 11) is 0. The van der Waals surface area contributed by atoms with Gasteiger partial charge in [0, 0.05) is 5.56 Å². The number of benzene rings is 2. The zero-order chi connectivity index (χ0) is 15.0. The lowest BCUT2D eigenvalue weighted by molar-refractivity contribution is 0.432. The molecule has 0 spiro atoms. The Bertz CT molecular complexity index is 672. The van der Waals surface area contributed by atoms with Gasteiger partial charge >= 0.3 is 0 Å². The smallest absolute Gasteiger partial charge is 0.137 e. The first-order valence-electron chi connectivity index (χ1n) is 6.91. The van der Waals surface area contributed by atoms with E-state index in [0.717, 1.165) is 25.3 Å². The van der Waals surface area contributed by atoms with Crippen molar-refractivity contribution in [2.45, 2.75) is 24.6 Å². The van der Waals surface area contributed by atoms with Crippen molar-refractivity contribution in [3.05, 3.63) is 69.2 Å². The molecule has 2 aromatic carbocycles. The molecule has 0 radical (unpaired) electrons. The van der Waals surface area contributed by atoms with E-state index in [1.807, 2.05) is 12.1 Å². The Labute approximate surface area is 136 Å². The summed E-state index contributed by atoms with van der Waals surface area (Å²) in [6.07, 6.45) is 2.63. The molecule has 0 heterocycles. The van der Waals surface area contributed by atoms with Gasteiger partial charge in [-0.3, -0.25) is 0 Å². The third kappa shape index (κ3) is 3.00. The topological polar surface area (TPSA) is 0 Å². The quantitative estimate of drug-likeness (QED) is 0.461. The zero-order valence-corrected chi connectivity index (χ0v) is 13.6. The van der Waals surface area contributed by atoms with Gasteiger partial charge in [0.05, 0.1) is 9.85 Å². The van der Waals surface area contributed by atoms with Crippen molar-refractivity contribution in [2.75, 3.05) is 0 Å². The number of halogens is 4. The van der Waals surface area contributed by atoms with Crippen molar-refractivity contribution >= 4 is 27.5 Å². The highest BCUT2D eigenvalue weighted by Gasteiger charge is 2.28. The van der Waals surface area contributed by atoms with E-state index < -0.39 is 17.0 Å². The molecular formula is C17H14BrClF2. The molecule has 0 bridgehead atoms. The van der Waals surface area contributed by atoms with Crippen LogP contribution in [0.2, 0.25) is 0 Å². The SMILES string of the molecule is Fc1cc(C(Cl)C2CCc3ccccc3C2)c(F)cc1Br. The summed E-state index contributed by atoms with van der Waals surface area (Å²) in [4.78, 5) is 0. The molecule has 0 nitrogen and oxygen atoms in total. The fourth-order valence-corrected chi connectivity index (χ4v) is 3.68. The maximum Gasteiger partial charge on any atom is 0.137 e. The van der Waals surface area contributed by atoms with Crippen LogP contribution in [0.4, 0.5) is 8.78 Å². The number of hydrogen-bond donors (Lipinski definition) is 0. The molecule has 0 aromatic heterocycles. The summed E-state index contributed by atoms with van der Waals surface area (Å²) in [5, 5.41) is -0.513. The first kappa shape index (κ1) is 15.0. The number of fused-ring (bicyclic) bond motifs is 1. The lowest BCUT2D eigenvalue weighted by atomic mass is 9.80. The Morgan fingerprint density at radius 1 is 1.10 bits per heavy atom. The Kier molecular flexibility index (Phi) is 4.32. The second kappa shape index (κ2) is 6.05. The van der Waals surface area contributed by atoms with Crippen LogP contribution in [-0.4, -0.2) is 0 Å². The number of aryl methyl sites for hydroxylation is 1. The Balaban J connectivity index is 1.87. The van der Waals surface area contributed by atoms with Crippen LogP contribution in [0, 0.1) is 17.6 Å². The van der Waals surface area contributed by atoms with E-state index >= 15 is 0 Å². The fraction of sp³-hybridized carbons (Fsp3) is 0.294. The molecular weight excluding hydrogens is 358 g/mol. The molecule has 3 rings (SSSR count). The van der Waals surface area contributed by atoms with E-state index in [2.05, 4.69) is 28.1 Å². The van der Waals surface area contributed by atoms with Gasteiger partial charge in [0.1, 0.15) is 11.6 Å². The highest BCUT2D eigenvalue weighted by atomic mass is 79.9. The number of hydrogen-bond acceptors (Lipinski definition) is 0. The molecule has 2 atom stereocenters. The first-order valence-corrected chi connectivity index (χ1v) is 8.14. The minimum atomic E-state index is -0.513. The van der Waals surface area contributed by atoms with Gasteiger partial charge in [-0.25, -0.2) is 8.78 Å². The highest BCUT2D eigenvalue weighted by molar-refractivity contribution is 9.10. The Hall–Kier alpha value is -0.930. The van der Waals surface area contributed by atoms with Crippen molar-refractivity contribution in [1.29, 1.82) is 0 Å². The molecule has 0 saturated heterocycles. The van der Waals surface area contributed by atoms with Crippen molar-refractivity contribution < 1.29 is 8.78 Å². The molecule has 0 saturated carbocycles. The summed E-state index contributed by atoms with van der Waals surface area (Å²) in [6, 6.07) is 10.6. The molecule has 0 N–H and O–H groups in total. The molecule has 0 amide bonds. The summed E-state index contributed by atoms with van der Waals surface area (Å²) in [5.41, 5.74) is 2.85. The second-order valence-electron chi connectivity index (χ2n) is 5.46. The summed E-state index contributed by atoms with van der Waals surface area (Å²) in [5.74, 6) is -0.813. The summed E-state index contributed by atoms with van der Waals surface area (Å²) < 4.78 is 27.8. The molecule has 21 heavy (non-hydrogen) atoms. The van der Waals surface area contributed by atoms with Crippen molar-refractivity contribution in [3.63, 3.8) is 0 Å². The highest BCUT2D eigenvalue weighted by Crippen LogP contribution is 2.40. The van der Waals surface area contributed by atoms with Gasteiger partial charge in [0.2, 0.25) is 0 Å². The van der Waals surface area contributed by atoms with E-state index in [1.165, 1.54) is 17.2 Å². The minimum Gasteiger partial charge on any atom is -0.207 e. The summed E-state index contributed by atoms with van der Waals surface area (Å²) in [6.45, 7) is 0. The average molecular weight is 372 g/mol. The molecule has 0 fully saturated rings. The third-order valence-corrected chi connectivity index (χ3v) is 5.33. The van der Waals surface area contributed by atoms with Gasteiger partial charge in [0.25, 0.3) is 0 Å². The van der Waals surface area contributed by atoms with Crippen LogP contribution < -0.4 is 0 Å². The molecule has 0 aliphatic heterocycles. The monoisotopic (exact) mass is 370 g/mol. The van der Waals surface area contributed by atoms with Crippen molar-refractivity contribution in [3.8, 4) is 0 Å². The van der Waals surface area contributed by atoms with Crippen LogP contribution in [0.3, 0.4) is 0 Å². The van der Waals surface area contributed by atoms with Crippen LogP contribution in [0.1, 0.15) is 28.5 Å². The molecule has 2 unspecified atom stereocenters. The van der Waals surface area contributed by atoms with E-state index in [4.69, 9.17) is 11.6 Å². The van der Waals surface area contributed by atoms with Crippen LogP contribution >= 0.6 is 27.5 Å². The molecule has 110 valence electrons. The van der Waals surface area contributed by atoms with Crippen LogP contribution in [0.5, 0.6) is 0 Å². The predicted molar refractivity (Wildman–Crippen MR) is 84.6 cm³/mol. The molecule has 4 heteroatoms. The maximum atomic E-state index is 14.1. The first-order chi connectivity index (χ1) is 10.1. The number of alkyl halides is 1. The van der Waals surface area contributed by atoms with Gasteiger partial charge in [-0.2, -0.15) is 0 Å². The summed E-state index contributed by atoms with van der Waals surface area (Å²) >= 11 is 9.45. The van der Waals surface area contributed by atoms with Gasteiger partial charge in [-0.1, -0.05) is 24.3 Å². The zero-order valence-electron chi connectivity index (χ0n) is 11.3. The van der Waals surface area contributed by atoms with Crippen LogP contribution in [0.15, 0.2) is 40.9 Å².